The summed E-state index contributed by atoms with van der Waals surface area (Å²) in [5.74, 6) is 1.34. The lowest BCUT2D eigenvalue weighted by atomic mass is 9.62. The van der Waals surface area contributed by atoms with Crippen molar-refractivity contribution in [2.45, 2.75) is 12.1 Å². The Kier molecular flexibility index (Phi) is 12.0. The molecule has 0 aliphatic carbocycles. The largest absolute Gasteiger partial charge is 0.457 e. The van der Waals surface area contributed by atoms with Crippen molar-refractivity contribution in [2.24, 2.45) is 0 Å². The zero-order valence-electron chi connectivity index (χ0n) is 23.6. The topological polar surface area (TPSA) is 92.2 Å². The Morgan fingerprint density at radius 2 is 0.927 bits per heavy atom. The molecule has 2 atom stereocenters. The SMILES string of the molecule is CNC(COB(CO)c1ccc(Oc2ccc(B(CO)OCC(NC)c3ccccc3)cc2)cc1)c1ccccc1. The van der Waals surface area contributed by atoms with Gasteiger partial charge in [-0.15, -0.1) is 0 Å². The summed E-state index contributed by atoms with van der Waals surface area (Å²) in [4.78, 5) is 0. The third-order valence-corrected chi connectivity index (χ3v) is 7.10. The third-order valence-electron chi connectivity index (χ3n) is 7.10. The highest BCUT2D eigenvalue weighted by molar-refractivity contribution is 6.67. The molecule has 0 amide bonds. The molecule has 0 aromatic heterocycles. The van der Waals surface area contributed by atoms with Crippen LogP contribution in [0.4, 0.5) is 0 Å². The molecule has 7 nitrogen and oxygen atoms in total. The van der Waals surface area contributed by atoms with Crippen LogP contribution in [0.2, 0.25) is 0 Å². The van der Waals surface area contributed by atoms with Crippen LogP contribution in [0.3, 0.4) is 0 Å². The lowest BCUT2D eigenvalue weighted by molar-refractivity contribution is 0.252. The molecule has 41 heavy (non-hydrogen) atoms. The van der Waals surface area contributed by atoms with E-state index in [2.05, 4.69) is 34.9 Å². The highest BCUT2D eigenvalue weighted by Gasteiger charge is 2.22. The van der Waals surface area contributed by atoms with Crippen LogP contribution in [0.15, 0.2) is 109 Å². The number of ether oxygens (including phenoxy) is 1. The van der Waals surface area contributed by atoms with E-state index in [1.165, 1.54) is 0 Å². The van der Waals surface area contributed by atoms with Gasteiger partial charge in [0.05, 0.1) is 25.1 Å². The van der Waals surface area contributed by atoms with Crippen LogP contribution in [-0.2, 0) is 9.31 Å². The number of rotatable bonds is 16. The summed E-state index contributed by atoms with van der Waals surface area (Å²) in [5, 5.41) is 26.5. The molecule has 0 aliphatic heterocycles. The van der Waals surface area contributed by atoms with Gasteiger partial charge in [0.1, 0.15) is 11.5 Å². The van der Waals surface area contributed by atoms with Crippen molar-refractivity contribution < 1.29 is 24.3 Å². The summed E-state index contributed by atoms with van der Waals surface area (Å²) in [7, 11) is 3.80. The number of benzene rings is 4. The molecule has 0 radical (unpaired) electrons. The lowest BCUT2D eigenvalue weighted by Gasteiger charge is -2.20. The second-order valence-corrected chi connectivity index (χ2v) is 9.75. The van der Waals surface area contributed by atoms with Crippen molar-refractivity contribution in [3.05, 3.63) is 120 Å². The van der Waals surface area contributed by atoms with Crippen molar-refractivity contribution in [2.75, 3.05) is 40.3 Å². The van der Waals surface area contributed by atoms with E-state index >= 15 is 0 Å². The second kappa shape index (κ2) is 16.1. The number of likely N-dealkylation sites (N-methyl/N-ethyl adjacent to an activating group) is 2. The fourth-order valence-corrected chi connectivity index (χ4v) is 4.63. The van der Waals surface area contributed by atoms with Crippen molar-refractivity contribution in [3.8, 4) is 11.5 Å². The molecule has 0 bridgehead atoms. The Morgan fingerprint density at radius 3 is 1.24 bits per heavy atom. The van der Waals surface area contributed by atoms with Gasteiger partial charge in [-0.3, -0.25) is 0 Å². The summed E-state index contributed by atoms with van der Waals surface area (Å²) in [5.41, 5.74) is 4.01. The molecule has 4 aromatic carbocycles. The van der Waals surface area contributed by atoms with E-state index in [0.717, 1.165) is 22.1 Å². The van der Waals surface area contributed by atoms with E-state index in [4.69, 9.17) is 14.0 Å². The second-order valence-electron chi connectivity index (χ2n) is 9.75. The van der Waals surface area contributed by atoms with Gasteiger partial charge in [-0.25, -0.2) is 0 Å². The first-order valence-corrected chi connectivity index (χ1v) is 13.9. The monoisotopic (exact) mass is 552 g/mol. The molecule has 0 heterocycles. The van der Waals surface area contributed by atoms with Crippen LogP contribution in [0.1, 0.15) is 23.2 Å². The van der Waals surface area contributed by atoms with Crippen LogP contribution < -0.4 is 26.3 Å². The van der Waals surface area contributed by atoms with E-state index in [9.17, 15) is 10.2 Å². The summed E-state index contributed by atoms with van der Waals surface area (Å²) < 4.78 is 18.2. The minimum Gasteiger partial charge on any atom is -0.457 e. The molecule has 4 aromatic rings. The highest BCUT2D eigenvalue weighted by atomic mass is 16.5. The van der Waals surface area contributed by atoms with E-state index in [1.807, 2.05) is 99.0 Å². The maximum Gasteiger partial charge on any atom is 0.353 e. The van der Waals surface area contributed by atoms with Crippen molar-refractivity contribution >= 4 is 24.8 Å². The van der Waals surface area contributed by atoms with Crippen molar-refractivity contribution in [1.82, 2.24) is 10.6 Å². The number of aliphatic hydroxyl groups excluding tert-OH is 2. The molecule has 4 N–H and O–H groups in total. The summed E-state index contributed by atoms with van der Waals surface area (Å²) in [6.45, 7) is -0.276. The summed E-state index contributed by atoms with van der Waals surface area (Å²) in [6, 6.07) is 35.3. The van der Waals surface area contributed by atoms with Crippen LogP contribution in [0.25, 0.3) is 0 Å². The molecule has 212 valence electrons. The van der Waals surface area contributed by atoms with Crippen LogP contribution in [-0.4, -0.2) is 64.4 Å². The van der Waals surface area contributed by atoms with Gasteiger partial charge in [-0.05, 0) is 60.4 Å². The number of hydrogen-bond acceptors (Lipinski definition) is 7. The molecule has 0 saturated heterocycles. The van der Waals surface area contributed by atoms with E-state index in [1.54, 1.807) is 0 Å². The van der Waals surface area contributed by atoms with Gasteiger partial charge in [0.25, 0.3) is 0 Å². The quantitative estimate of drug-likeness (QED) is 0.159. The fraction of sp³-hybridized carbons (Fsp3) is 0.250. The fourth-order valence-electron chi connectivity index (χ4n) is 4.63. The van der Waals surface area contributed by atoms with Crippen LogP contribution in [0, 0.1) is 0 Å². The molecule has 0 saturated carbocycles. The molecule has 9 heteroatoms. The van der Waals surface area contributed by atoms with Crippen molar-refractivity contribution in [1.29, 1.82) is 0 Å². The Balaban J connectivity index is 1.31. The maximum absolute atomic E-state index is 9.96. The van der Waals surface area contributed by atoms with Crippen LogP contribution in [0.5, 0.6) is 11.5 Å². The molecule has 0 fully saturated rings. The summed E-state index contributed by atoms with van der Waals surface area (Å²) in [6.07, 6.45) is 0. The molecule has 0 aliphatic rings. The molecular formula is C32H38B2N2O5. The minimum atomic E-state index is -0.442. The molecule has 0 spiro atoms. The average molecular weight is 552 g/mol. The standard InChI is InChI=1S/C32H38B2N2O5/c1-35-31(25-9-5-3-6-10-25)21-39-33(23-37)27-13-17-29(18-14-27)41-30-19-15-28(16-20-30)34(24-38)40-22-32(36-2)26-11-7-4-8-12-26/h3-20,31-32,35-38H,21-24H2,1-2H3. The number of aliphatic hydroxyl groups is 2. The van der Waals surface area contributed by atoms with Gasteiger partial charge in [0.2, 0.25) is 0 Å². The van der Waals surface area contributed by atoms with E-state index in [0.29, 0.717) is 24.7 Å². The number of hydrogen-bond donors (Lipinski definition) is 4. The zero-order chi connectivity index (χ0) is 28.9. The van der Waals surface area contributed by atoms with Gasteiger partial charge in [-0.1, -0.05) is 84.9 Å². The minimum absolute atomic E-state index is 0.0280. The first-order chi connectivity index (χ1) is 20.1. The van der Waals surface area contributed by atoms with E-state index < -0.39 is 13.8 Å². The Labute approximate surface area is 243 Å². The third kappa shape index (κ3) is 8.78. The lowest BCUT2D eigenvalue weighted by Crippen LogP contribution is -2.40. The molecule has 2 unspecified atom stereocenters. The summed E-state index contributed by atoms with van der Waals surface area (Å²) >= 11 is 0. The van der Waals surface area contributed by atoms with Gasteiger partial charge in [0, 0.05) is 13.2 Å². The molecular weight excluding hydrogens is 514 g/mol. The van der Waals surface area contributed by atoms with Gasteiger partial charge >= 0.3 is 13.8 Å². The predicted molar refractivity (Wildman–Crippen MR) is 166 cm³/mol. The van der Waals surface area contributed by atoms with Crippen LogP contribution >= 0.6 is 0 Å². The predicted octanol–water partition coefficient (Wildman–Crippen LogP) is 2.89. The first-order valence-electron chi connectivity index (χ1n) is 13.9. The smallest absolute Gasteiger partial charge is 0.353 e. The van der Waals surface area contributed by atoms with Gasteiger partial charge < -0.3 is 34.9 Å². The Morgan fingerprint density at radius 1 is 0.561 bits per heavy atom. The average Bonchev–Trinajstić information content (AvgIpc) is 3.03. The number of nitrogens with one attached hydrogen (secondary N) is 2. The van der Waals surface area contributed by atoms with Crippen molar-refractivity contribution in [3.63, 3.8) is 0 Å². The first kappa shape index (κ1) is 30.5. The Hall–Kier alpha value is -3.43. The van der Waals surface area contributed by atoms with Gasteiger partial charge in [0.15, 0.2) is 0 Å². The Bertz CT molecular complexity index is 1180. The normalized spacial score (nSPS) is 12.5. The molecule has 4 rings (SSSR count). The van der Waals surface area contributed by atoms with Gasteiger partial charge in [-0.2, -0.15) is 0 Å². The van der Waals surface area contributed by atoms with E-state index in [-0.39, 0.29) is 25.1 Å². The highest BCUT2D eigenvalue weighted by Crippen LogP contribution is 2.20. The maximum atomic E-state index is 9.96. The zero-order valence-corrected chi connectivity index (χ0v) is 23.6.